The maximum Gasteiger partial charge on any atom is 0.325 e. The molecule has 0 radical (unpaired) electrons. The van der Waals surface area contributed by atoms with Crippen molar-refractivity contribution in [2.45, 2.75) is 51.1 Å². The Kier molecular flexibility index (Phi) is 7.97. The van der Waals surface area contributed by atoms with Crippen LogP contribution in [0.2, 0.25) is 5.02 Å². The number of alkyl halides is 2. The Morgan fingerprint density at radius 3 is 2.64 bits per heavy atom. The molecule has 36 heavy (non-hydrogen) atoms. The number of Topliss-reactive ketones (excluding diaryl/α,β-unsaturated/α-hetero) is 1. The summed E-state index contributed by atoms with van der Waals surface area (Å²) in [5, 5.41) is 6.77. The zero-order valence-corrected chi connectivity index (χ0v) is 21.2. The normalized spacial score (nSPS) is 21.0. The molecular formula is C27H31ClF2N2O4. The lowest BCUT2D eigenvalue weighted by atomic mass is 9.75. The van der Waals surface area contributed by atoms with Crippen molar-refractivity contribution in [1.29, 1.82) is 0 Å². The molecule has 2 aliphatic rings. The van der Waals surface area contributed by atoms with E-state index in [9.17, 15) is 18.4 Å². The van der Waals surface area contributed by atoms with Crippen LogP contribution in [-0.2, 0) is 31.4 Å². The Balaban J connectivity index is 1.34. The second-order valence-corrected chi connectivity index (χ2v) is 10.1. The van der Waals surface area contributed by atoms with Gasteiger partial charge in [0.25, 0.3) is 5.92 Å². The molecule has 4 rings (SSSR count). The standard InChI is InChI=1S/C27H31ClF2N2O4/c1-17-7-8-19(14-20(17)26(2,29)30)31-15-23(33)36-16-27(9-11-35-12-10-27)25(34)24-22(32-24)13-18-5-3-4-6-21(18)28/h3-8,14,22,24,31-32H,9-13,15-16H2,1-2H3. The van der Waals surface area contributed by atoms with E-state index in [0.29, 0.717) is 48.7 Å². The van der Waals surface area contributed by atoms with E-state index >= 15 is 0 Å². The van der Waals surface area contributed by atoms with Gasteiger partial charge in [0, 0.05) is 42.5 Å². The van der Waals surface area contributed by atoms with Gasteiger partial charge in [-0.3, -0.25) is 9.59 Å². The van der Waals surface area contributed by atoms with Crippen molar-refractivity contribution in [3.05, 3.63) is 64.2 Å². The average molecular weight is 521 g/mol. The van der Waals surface area contributed by atoms with Gasteiger partial charge < -0.3 is 20.1 Å². The molecule has 2 unspecified atom stereocenters. The monoisotopic (exact) mass is 520 g/mol. The predicted molar refractivity (Wildman–Crippen MR) is 134 cm³/mol. The van der Waals surface area contributed by atoms with Gasteiger partial charge in [-0.15, -0.1) is 0 Å². The lowest BCUT2D eigenvalue weighted by Gasteiger charge is -2.35. The van der Waals surface area contributed by atoms with E-state index in [1.54, 1.807) is 19.1 Å². The lowest BCUT2D eigenvalue weighted by Crippen LogP contribution is -2.45. The van der Waals surface area contributed by atoms with Crippen LogP contribution in [0.15, 0.2) is 42.5 Å². The Morgan fingerprint density at radius 1 is 1.22 bits per heavy atom. The van der Waals surface area contributed by atoms with Crippen LogP contribution in [0.3, 0.4) is 0 Å². The van der Waals surface area contributed by atoms with Crippen LogP contribution in [-0.4, -0.2) is 50.2 Å². The topological polar surface area (TPSA) is 86.6 Å². The first-order chi connectivity index (χ1) is 17.1. The minimum atomic E-state index is -2.99. The highest BCUT2D eigenvalue weighted by molar-refractivity contribution is 6.31. The molecule has 0 aromatic heterocycles. The van der Waals surface area contributed by atoms with Gasteiger partial charge >= 0.3 is 5.97 Å². The Bertz CT molecular complexity index is 1120. The highest BCUT2D eigenvalue weighted by Crippen LogP contribution is 2.37. The molecule has 0 bridgehead atoms. The van der Waals surface area contributed by atoms with E-state index in [4.69, 9.17) is 21.1 Å². The molecule has 2 N–H and O–H groups in total. The third-order valence-corrected chi connectivity index (χ3v) is 7.37. The number of rotatable bonds is 10. The van der Waals surface area contributed by atoms with Gasteiger partial charge in [-0.2, -0.15) is 0 Å². The molecular weight excluding hydrogens is 490 g/mol. The SMILES string of the molecule is Cc1ccc(NCC(=O)OCC2(C(=O)C3NC3Cc3ccccc3Cl)CCOCC2)cc1C(C)(F)F. The Labute approximate surface area is 214 Å². The molecule has 9 heteroatoms. The summed E-state index contributed by atoms with van der Waals surface area (Å²) in [6, 6.07) is 11.8. The van der Waals surface area contributed by atoms with Crippen LogP contribution in [0.5, 0.6) is 0 Å². The molecule has 0 amide bonds. The number of benzene rings is 2. The number of anilines is 1. The van der Waals surface area contributed by atoms with Crippen molar-refractivity contribution in [2.75, 3.05) is 31.7 Å². The van der Waals surface area contributed by atoms with Crippen molar-refractivity contribution < 1.29 is 27.8 Å². The number of aryl methyl sites for hydroxylation is 1. The van der Waals surface area contributed by atoms with Crippen molar-refractivity contribution in [3.8, 4) is 0 Å². The molecule has 2 aromatic rings. The van der Waals surface area contributed by atoms with E-state index in [1.807, 2.05) is 24.3 Å². The minimum absolute atomic E-state index is 0.0121. The predicted octanol–water partition coefficient (Wildman–Crippen LogP) is 4.66. The first-order valence-corrected chi connectivity index (χ1v) is 12.5. The molecule has 0 aliphatic carbocycles. The van der Waals surface area contributed by atoms with Crippen LogP contribution in [0.4, 0.5) is 14.5 Å². The summed E-state index contributed by atoms with van der Waals surface area (Å²) in [6.45, 7) is 3.05. The zero-order valence-electron chi connectivity index (χ0n) is 20.4. The van der Waals surface area contributed by atoms with E-state index in [-0.39, 0.29) is 36.6 Å². The number of ketones is 1. The van der Waals surface area contributed by atoms with Gasteiger partial charge in [0.1, 0.15) is 13.2 Å². The van der Waals surface area contributed by atoms with Crippen molar-refractivity contribution in [3.63, 3.8) is 0 Å². The summed E-state index contributed by atoms with van der Waals surface area (Å²) in [5.74, 6) is -3.52. The van der Waals surface area contributed by atoms with Crippen LogP contribution < -0.4 is 10.6 Å². The molecule has 0 saturated carbocycles. The summed E-state index contributed by atoms with van der Waals surface area (Å²) >= 11 is 6.27. The highest BCUT2D eigenvalue weighted by atomic mass is 35.5. The average Bonchev–Trinajstić information content (AvgIpc) is 3.62. The van der Waals surface area contributed by atoms with Gasteiger partial charge in [0.05, 0.1) is 11.5 Å². The molecule has 2 heterocycles. The van der Waals surface area contributed by atoms with Crippen LogP contribution in [0.1, 0.15) is 36.5 Å². The first-order valence-electron chi connectivity index (χ1n) is 12.1. The third-order valence-electron chi connectivity index (χ3n) is 7.00. The van der Waals surface area contributed by atoms with Crippen molar-refractivity contribution >= 4 is 29.0 Å². The summed E-state index contributed by atoms with van der Waals surface area (Å²) < 4.78 is 38.6. The fourth-order valence-electron chi connectivity index (χ4n) is 4.71. The quantitative estimate of drug-likeness (QED) is 0.350. The van der Waals surface area contributed by atoms with Crippen LogP contribution in [0, 0.1) is 12.3 Å². The zero-order chi connectivity index (χ0) is 25.9. The van der Waals surface area contributed by atoms with Gasteiger partial charge in [0.2, 0.25) is 0 Å². The van der Waals surface area contributed by atoms with E-state index < -0.39 is 17.3 Å². The summed E-state index contributed by atoms with van der Waals surface area (Å²) in [5.41, 5.74) is 0.927. The van der Waals surface area contributed by atoms with E-state index in [2.05, 4.69) is 10.6 Å². The van der Waals surface area contributed by atoms with Gasteiger partial charge in [-0.25, -0.2) is 8.78 Å². The number of hydrogen-bond acceptors (Lipinski definition) is 6. The summed E-state index contributed by atoms with van der Waals surface area (Å²) in [6.07, 6.45) is 1.58. The van der Waals surface area contributed by atoms with E-state index in [0.717, 1.165) is 12.5 Å². The number of nitrogens with one attached hydrogen (secondary N) is 2. The second-order valence-electron chi connectivity index (χ2n) is 9.74. The first kappa shape index (κ1) is 26.5. The maximum atomic E-state index is 13.8. The fraction of sp³-hybridized carbons (Fsp3) is 0.481. The molecule has 2 saturated heterocycles. The number of carbonyl (C=O) groups is 2. The summed E-state index contributed by atoms with van der Waals surface area (Å²) in [7, 11) is 0. The Morgan fingerprint density at radius 2 is 1.94 bits per heavy atom. The van der Waals surface area contributed by atoms with Crippen molar-refractivity contribution in [1.82, 2.24) is 5.32 Å². The largest absolute Gasteiger partial charge is 0.463 e. The highest BCUT2D eigenvalue weighted by Gasteiger charge is 2.52. The summed E-state index contributed by atoms with van der Waals surface area (Å²) in [4.78, 5) is 26.0. The van der Waals surface area contributed by atoms with E-state index in [1.165, 1.54) is 6.07 Å². The molecule has 0 spiro atoms. The lowest BCUT2D eigenvalue weighted by molar-refractivity contribution is -0.153. The molecule has 6 nitrogen and oxygen atoms in total. The maximum absolute atomic E-state index is 13.8. The number of hydrogen-bond donors (Lipinski definition) is 2. The van der Waals surface area contributed by atoms with Crippen molar-refractivity contribution in [2.24, 2.45) is 5.41 Å². The second kappa shape index (κ2) is 10.8. The molecule has 2 fully saturated rings. The molecule has 2 aromatic carbocycles. The minimum Gasteiger partial charge on any atom is -0.463 e. The van der Waals surface area contributed by atoms with Gasteiger partial charge in [-0.1, -0.05) is 35.9 Å². The smallest absolute Gasteiger partial charge is 0.325 e. The van der Waals surface area contributed by atoms with Crippen LogP contribution in [0.25, 0.3) is 0 Å². The number of esters is 1. The molecule has 2 atom stereocenters. The van der Waals surface area contributed by atoms with Crippen LogP contribution >= 0.6 is 11.6 Å². The Hall–Kier alpha value is -2.55. The molecule has 194 valence electrons. The molecule has 2 aliphatic heterocycles. The van der Waals surface area contributed by atoms with Gasteiger partial charge in [0.15, 0.2) is 5.78 Å². The third kappa shape index (κ3) is 6.22. The number of carbonyl (C=O) groups excluding carboxylic acids is 2. The fourth-order valence-corrected chi connectivity index (χ4v) is 4.93. The number of ether oxygens (including phenoxy) is 2. The van der Waals surface area contributed by atoms with Gasteiger partial charge in [-0.05, 0) is 55.5 Å². The number of halogens is 3.